The van der Waals surface area contributed by atoms with Crippen LogP contribution in [0.4, 0.5) is 0 Å². The Bertz CT molecular complexity index is 747. The largest absolute Gasteiger partial charge is 0.408 e. The van der Waals surface area contributed by atoms with Gasteiger partial charge in [0.25, 0.3) is 0 Å². The summed E-state index contributed by atoms with van der Waals surface area (Å²) in [5.74, 6) is 0.376. The number of pyridine rings is 1. The third-order valence-electron chi connectivity index (χ3n) is 2.46. The lowest BCUT2D eigenvalue weighted by Crippen LogP contribution is -2.02. The smallest absolute Gasteiger partial charge is 0.346 e. The highest BCUT2D eigenvalue weighted by Crippen LogP contribution is 2.17. The summed E-state index contributed by atoms with van der Waals surface area (Å²) in [4.78, 5) is 20.0. The number of fused-ring (bicyclic) bond motifs is 2. The number of rotatable bonds is 0. The van der Waals surface area contributed by atoms with Crippen LogP contribution in [0.2, 0.25) is 0 Å². The molecule has 2 heterocycles. The van der Waals surface area contributed by atoms with E-state index >= 15 is 0 Å². The molecule has 16 heavy (non-hydrogen) atoms. The van der Waals surface area contributed by atoms with Crippen molar-refractivity contribution in [1.29, 1.82) is 0 Å². The number of nitrogens with zero attached hydrogens (tertiary/aromatic N) is 2. The first kappa shape index (κ1) is 9.03. The van der Waals surface area contributed by atoms with E-state index in [0.717, 1.165) is 10.9 Å². The van der Waals surface area contributed by atoms with E-state index in [0.29, 0.717) is 16.8 Å². The van der Waals surface area contributed by atoms with Crippen LogP contribution >= 0.6 is 0 Å². The molecule has 0 N–H and O–H groups in total. The molecule has 0 saturated heterocycles. The third-order valence-corrected chi connectivity index (χ3v) is 2.46. The van der Waals surface area contributed by atoms with Crippen LogP contribution in [0.1, 0.15) is 5.89 Å². The van der Waals surface area contributed by atoms with Crippen molar-refractivity contribution < 1.29 is 4.42 Å². The van der Waals surface area contributed by atoms with Gasteiger partial charge in [0.05, 0.1) is 16.4 Å². The summed E-state index contributed by atoms with van der Waals surface area (Å²) in [6.45, 7) is 1.66. The first-order valence-electron chi connectivity index (χ1n) is 4.90. The fourth-order valence-corrected chi connectivity index (χ4v) is 1.75. The summed E-state index contributed by atoms with van der Waals surface area (Å²) < 4.78 is 4.94. The second-order valence-electron chi connectivity index (χ2n) is 3.59. The Morgan fingerprint density at radius 1 is 1.25 bits per heavy atom. The maximum Gasteiger partial charge on any atom is 0.346 e. The molecular weight excluding hydrogens is 204 g/mol. The second kappa shape index (κ2) is 3.13. The Kier molecular flexibility index (Phi) is 1.77. The van der Waals surface area contributed by atoms with Gasteiger partial charge < -0.3 is 4.42 Å². The molecule has 78 valence electrons. The topological polar surface area (TPSA) is 56.0 Å². The number of hydrogen-bond donors (Lipinski definition) is 0. The molecule has 0 radical (unpaired) electrons. The normalized spacial score (nSPS) is 11.1. The van der Waals surface area contributed by atoms with Gasteiger partial charge in [0.15, 0.2) is 5.89 Å². The molecule has 0 aliphatic carbocycles. The summed E-state index contributed by atoms with van der Waals surface area (Å²) in [5, 5.41) is 1.43. The molecule has 1 aromatic carbocycles. The molecule has 2 aromatic heterocycles. The summed E-state index contributed by atoms with van der Waals surface area (Å²) in [6, 6.07) is 7.35. The Balaban J connectivity index is 2.56. The molecule has 0 spiro atoms. The highest BCUT2D eigenvalue weighted by molar-refractivity contribution is 5.93. The van der Waals surface area contributed by atoms with Gasteiger partial charge in [-0.05, 0) is 18.2 Å². The standard InChI is InChI=1S/C12H8N2O2/c1-7-14-11-5-8-3-2-4-13-10(8)6-9(11)12(15)16-7/h2-6H,1H3. The van der Waals surface area contributed by atoms with E-state index in [-0.39, 0.29) is 5.63 Å². The van der Waals surface area contributed by atoms with Crippen LogP contribution < -0.4 is 5.63 Å². The Labute approximate surface area is 90.6 Å². The SMILES string of the molecule is Cc1nc2cc3cccnc3cc2c(=O)o1. The average molecular weight is 212 g/mol. The van der Waals surface area contributed by atoms with Gasteiger partial charge >= 0.3 is 5.63 Å². The van der Waals surface area contributed by atoms with E-state index in [2.05, 4.69) is 9.97 Å². The van der Waals surface area contributed by atoms with Crippen LogP contribution in [0.3, 0.4) is 0 Å². The van der Waals surface area contributed by atoms with Crippen molar-refractivity contribution >= 4 is 21.8 Å². The minimum Gasteiger partial charge on any atom is -0.408 e. The van der Waals surface area contributed by atoms with Gasteiger partial charge in [0, 0.05) is 18.5 Å². The molecule has 0 aliphatic rings. The van der Waals surface area contributed by atoms with Gasteiger partial charge in [0.2, 0.25) is 0 Å². The third kappa shape index (κ3) is 1.27. The number of hydrogen-bond acceptors (Lipinski definition) is 4. The van der Waals surface area contributed by atoms with Crippen molar-refractivity contribution in [2.75, 3.05) is 0 Å². The van der Waals surface area contributed by atoms with Gasteiger partial charge in [-0.2, -0.15) is 0 Å². The lowest BCUT2D eigenvalue weighted by atomic mass is 10.1. The fourth-order valence-electron chi connectivity index (χ4n) is 1.75. The van der Waals surface area contributed by atoms with Crippen molar-refractivity contribution in [3.8, 4) is 0 Å². The number of aryl methyl sites for hydroxylation is 1. The predicted octanol–water partition coefficient (Wildman–Crippen LogP) is 2.04. The van der Waals surface area contributed by atoms with E-state index < -0.39 is 0 Å². The van der Waals surface area contributed by atoms with E-state index in [1.165, 1.54) is 0 Å². The summed E-state index contributed by atoms with van der Waals surface area (Å²) in [7, 11) is 0. The number of aromatic nitrogens is 2. The highest BCUT2D eigenvalue weighted by atomic mass is 16.4. The Hall–Kier alpha value is -2.23. The molecule has 0 fully saturated rings. The molecule has 0 amide bonds. The van der Waals surface area contributed by atoms with Gasteiger partial charge in [-0.3, -0.25) is 4.98 Å². The molecule has 0 bridgehead atoms. The highest BCUT2D eigenvalue weighted by Gasteiger charge is 2.05. The monoisotopic (exact) mass is 212 g/mol. The molecule has 3 rings (SSSR count). The first-order valence-corrected chi connectivity index (χ1v) is 4.90. The van der Waals surface area contributed by atoms with E-state index in [4.69, 9.17) is 4.42 Å². The molecule has 0 unspecified atom stereocenters. The van der Waals surface area contributed by atoms with Gasteiger partial charge in [-0.1, -0.05) is 6.07 Å². The molecule has 4 nitrogen and oxygen atoms in total. The molecular formula is C12H8N2O2. The second-order valence-corrected chi connectivity index (χ2v) is 3.59. The van der Waals surface area contributed by atoms with Crippen molar-refractivity contribution in [2.24, 2.45) is 0 Å². The van der Waals surface area contributed by atoms with Gasteiger partial charge in [-0.25, -0.2) is 9.78 Å². The van der Waals surface area contributed by atoms with Crippen molar-refractivity contribution in [3.05, 3.63) is 46.8 Å². The lowest BCUT2D eigenvalue weighted by molar-refractivity contribution is 0.467. The van der Waals surface area contributed by atoms with Crippen molar-refractivity contribution in [3.63, 3.8) is 0 Å². The first-order chi connectivity index (χ1) is 7.74. The average Bonchev–Trinajstić information content (AvgIpc) is 2.27. The maximum absolute atomic E-state index is 11.6. The fraction of sp³-hybridized carbons (Fsp3) is 0.0833. The van der Waals surface area contributed by atoms with Gasteiger partial charge in [0.1, 0.15) is 0 Å². The zero-order chi connectivity index (χ0) is 11.1. The zero-order valence-corrected chi connectivity index (χ0v) is 8.60. The predicted molar refractivity (Wildman–Crippen MR) is 60.3 cm³/mol. The van der Waals surface area contributed by atoms with Crippen LogP contribution in [-0.2, 0) is 0 Å². The van der Waals surface area contributed by atoms with Crippen LogP contribution in [0.25, 0.3) is 21.8 Å². The maximum atomic E-state index is 11.6. The van der Waals surface area contributed by atoms with Crippen LogP contribution in [0.5, 0.6) is 0 Å². The summed E-state index contributed by atoms with van der Waals surface area (Å²) in [5.41, 5.74) is 1.05. The summed E-state index contributed by atoms with van der Waals surface area (Å²) in [6.07, 6.45) is 1.69. The van der Waals surface area contributed by atoms with Crippen LogP contribution in [0.15, 0.2) is 39.7 Å². The molecule has 0 aliphatic heterocycles. The quantitative estimate of drug-likeness (QED) is 0.535. The molecule has 4 heteroatoms. The van der Waals surface area contributed by atoms with E-state index in [9.17, 15) is 4.79 Å². The zero-order valence-electron chi connectivity index (χ0n) is 8.60. The van der Waals surface area contributed by atoms with Crippen molar-refractivity contribution in [1.82, 2.24) is 9.97 Å². The molecule has 3 aromatic rings. The van der Waals surface area contributed by atoms with E-state index in [1.807, 2.05) is 18.2 Å². The lowest BCUT2D eigenvalue weighted by Gasteiger charge is -2.00. The van der Waals surface area contributed by atoms with Crippen LogP contribution in [0, 0.1) is 6.92 Å². The van der Waals surface area contributed by atoms with Crippen LogP contribution in [-0.4, -0.2) is 9.97 Å². The van der Waals surface area contributed by atoms with Gasteiger partial charge in [-0.15, -0.1) is 0 Å². The Morgan fingerprint density at radius 2 is 2.12 bits per heavy atom. The minimum absolute atomic E-state index is 0.366. The van der Waals surface area contributed by atoms with E-state index in [1.54, 1.807) is 19.2 Å². The Morgan fingerprint density at radius 3 is 3.00 bits per heavy atom. The number of benzene rings is 1. The molecule has 0 saturated carbocycles. The van der Waals surface area contributed by atoms with Crippen molar-refractivity contribution in [2.45, 2.75) is 6.92 Å². The minimum atomic E-state index is -0.366. The molecule has 0 atom stereocenters. The summed E-state index contributed by atoms with van der Waals surface area (Å²) >= 11 is 0.